The largest absolute Gasteiger partial charge is 0.495 e. The molecule has 0 radical (unpaired) electrons. The van der Waals surface area contributed by atoms with Gasteiger partial charge >= 0.3 is 6.03 Å². The molecule has 2 amide bonds. The highest BCUT2D eigenvalue weighted by molar-refractivity contribution is 5.90. The van der Waals surface area contributed by atoms with Gasteiger partial charge in [-0.2, -0.15) is 0 Å². The van der Waals surface area contributed by atoms with E-state index in [1.807, 2.05) is 37.3 Å². The molecule has 2 rings (SSSR count). The Balaban J connectivity index is 1.99. The maximum atomic E-state index is 12.1. The van der Waals surface area contributed by atoms with E-state index in [0.29, 0.717) is 29.5 Å². The van der Waals surface area contributed by atoms with E-state index in [1.165, 1.54) is 0 Å². The van der Waals surface area contributed by atoms with Gasteiger partial charge in [-0.25, -0.2) is 4.79 Å². The Morgan fingerprint density at radius 1 is 0.917 bits per heavy atom. The number of carbonyl (C=O) groups excluding carboxylic acids is 1. The number of anilines is 1. The Morgan fingerprint density at radius 2 is 1.62 bits per heavy atom. The zero-order valence-corrected chi connectivity index (χ0v) is 14.3. The van der Waals surface area contributed by atoms with Crippen molar-refractivity contribution in [3.63, 3.8) is 0 Å². The van der Waals surface area contributed by atoms with Crippen molar-refractivity contribution in [2.75, 3.05) is 26.6 Å². The van der Waals surface area contributed by atoms with Gasteiger partial charge in [-0.15, -0.1) is 0 Å². The quantitative estimate of drug-likeness (QED) is 0.852. The molecule has 6 nitrogen and oxygen atoms in total. The molecule has 0 spiro atoms. The SMILES string of the molecule is COc1cc(C)ccc1NC(=O)NCc1ccc(OC)c(OC)c1. The number of hydrogen-bond acceptors (Lipinski definition) is 4. The lowest BCUT2D eigenvalue weighted by molar-refractivity contribution is 0.251. The summed E-state index contributed by atoms with van der Waals surface area (Å²) < 4.78 is 15.7. The minimum Gasteiger partial charge on any atom is -0.495 e. The molecule has 0 aliphatic rings. The molecule has 0 aliphatic heterocycles. The topological polar surface area (TPSA) is 68.8 Å². The van der Waals surface area contributed by atoms with Crippen molar-refractivity contribution >= 4 is 11.7 Å². The molecule has 0 heterocycles. The molecular weight excluding hydrogens is 308 g/mol. The van der Waals surface area contributed by atoms with Crippen LogP contribution < -0.4 is 24.8 Å². The Bertz CT molecular complexity index is 716. The number of amides is 2. The van der Waals surface area contributed by atoms with Crippen molar-refractivity contribution in [2.24, 2.45) is 0 Å². The summed E-state index contributed by atoms with van der Waals surface area (Å²) in [5.74, 6) is 1.89. The molecule has 0 unspecified atom stereocenters. The van der Waals surface area contributed by atoms with Gasteiger partial charge < -0.3 is 24.8 Å². The smallest absolute Gasteiger partial charge is 0.319 e. The molecule has 0 aliphatic carbocycles. The van der Waals surface area contributed by atoms with E-state index in [0.717, 1.165) is 11.1 Å². The Labute approximate surface area is 141 Å². The zero-order valence-electron chi connectivity index (χ0n) is 14.3. The van der Waals surface area contributed by atoms with Crippen LogP contribution in [0.5, 0.6) is 17.2 Å². The standard InChI is InChI=1S/C18H22N2O4/c1-12-5-7-14(16(9-12)23-3)20-18(21)19-11-13-6-8-15(22-2)17(10-13)24-4/h5-10H,11H2,1-4H3,(H2,19,20,21). The Morgan fingerprint density at radius 3 is 2.29 bits per heavy atom. The molecule has 2 N–H and O–H groups in total. The van der Waals surface area contributed by atoms with Crippen molar-refractivity contribution < 1.29 is 19.0 Å². The van der Waals surface area contributed by atoms with Crippen LogP contribution >= 0.6 is 0 Å². The third kappa shape index (κ3) is 4.32. The van der Waals surface area contributed by atoms with Crippen molar-refractivity contribution in [1.29, 1.82) is 0 Å². The number of aryl methyl sites for hydroxylation is 1. The van der Waals surface area contributed by atoms with Crippen molar-refractivity contribution in [3.8, 4) is 17.2 Å². The first-order valence-electron chi connectivity index (χ1n) is 7.47. The first kappa shape index (κ1) is 17.5. The maximum absolute atomic E-state index is 12.1. The van der Waals surface area contributed by atoms with E-state index < -0.39 is 0 Å². The zero-order chi connectivity index (χ0) is 17.5. The molecule has 128 valence electrons. The van der Waals surface area contributed by atoms with Crippen molar-refractivity contribution in [1.82, 2.24) is 5.32 Å². The molecule has 6 heteroatoms. The maximum Gasteiger partial charge on any atom is 0.319 e. The summed E-state index contributed by atoms with van der Waals surface area (Å²) in [5, 5.41) is 5.58. The highest BCUT2D eigenvalue weighted by Gasteiger charge is 2.09. The summed E-state index contributed by atoms with van der Waals surface area (Å²) in [7, 11) is 4.73. The van der Waals surface area contributed by atoms with Gasteiger partial charge in [-0.05, 0) is 42.3 Å². The average molecular weight is 330 g/mol. The van der Waals surface area contributed by atoms with Crippen LogP contribution in [0.3, 0.4) is 0 Å². The van der Waals surface area contributed by atoms with E-state index >= 15 is 0 Å². The molecule has 24 heavy (non-hydrogen) atoms. The van der Waals surface area contributed by atoms with Gasteiger partial charge in [0.2, 0.25) is 0 Å². The number of carbonyl (C=O) groups is 1. The summed E-state index contributed by atoms with van der Waals surface area (Å²) in [4.78, 5) is 12.1. The number of ether oxygens (including phenoxy) is 3. The number of hydrogen-bond donors (Lipinski definition) is 2. The molecule has 2 aromatic carbocycles. The molecule has 0 saturated heterocycles. The lowest BCUT2D eigenvalue weighted by Crippen LogP contribution is -2.28. The van der Waals surface area contributed by atoms with Crippen LogP contribution in [-0.2, 0) is 6.54 Å². The van der Waals surface area contributed by atoms with Gasteiger partial charge in [0.25, 0.3) is 0 Å². The van der Waals surface area contributed by atoms with Crippen LogP contribution in [0.25, 0.3) is 0 Å². The van der Waals surface area contributed by atoms with Crippen LogP contribution in [0.2, 0.25) is 0 Å². The van der Waals surface area contributed by atoms with Crippen LogP contribution in [0.15, 0.2) is 36.4 Å². The monoisotopic (exact) mass is 330 g/mol. The van der Waals surface area contributed by atoms with E-state index in [4.69, 9.17) is 14.2 Å². The summed E-state index contributed by atoms with van der Waals surface area (Å²) in [5.41, 5.74) is 2.58. The van der Waals surface area contributed by atoms with E-state index in [-0.39, 0.29) is 6.03 Å². The Kier molecular flexibility index (Phi) is 5.89. The summed E-state index contributed by atoms with van der Waals surface area (Å²) in [6, 6.07) is 10.8. The summed E-state index contributed by atoms with van der Waals surface area (Å²) in [6.45, 7) is 2.32. The van der Waals surface area contributed by atoms with E-state index in [9.17, 15) is 4.79 Å². The fraction of sp³-hybridized carbons (Fsp3) is 0.278. The van der Waals surface area contributed by atoms with Gasteiger partial charge in [0.05, 0.1) is 27.0 Å². The number of methoxy groups -OCH3 is 3. The highest BCUT2D eigenvalue weighted by atomic mass is 16.5. The molecule has 0 fully saturated rings. The molecule has 0 saturated carbocycles. The van der Waals surface area contributed by atoms with E-state index in [2.05, 4.69) is 10.6 Å². The molecular formula is C18H22N2O4. The second-order valence-corrected chi connectivity index (χ2v) is 5.20. The first-order valence-corrected chi connectivity index (χ1v) is 7.47. The van der Waals surface area contributed by atoms with Gasteiger partial charge in [0.15, 0.2) is 11.5 Å². The molecule has 0 aromatic heterocycles. The van der Waals surface area contributed by atoms with Crippen LogP contribution in [-0.4, -0.2) is 27.4 Å². The first-order chi connectivity index (χ1) is 11.6. The predicted octanol–water partition coefficient (Wildman–Crippen LogP) is 3.34. The normalized spacial score (nSPS) is 10.0. The van der Waals surface area contributed by atoms with Crippen LogP contribution in [0.1, 0.15) is 11.1 Å². The average Bonchev–Trinajstić information content (AvgIpc) is 2.61. The molecule has 2 aromatic rings. The molecule has 0 atom stereocenters. The number of nitrogens with one attached hydrogen (secondary N) is 2. The van der Waals surface area contributed by atoms with Gasteiger partial charge in [0.1, 0.15) is 5.75 Å². The minimum atomic E-state index is -0.313. The Hall–Kier alpha value is -2.89. The van der Waals surface area contributed by atoms with E-state index in [1.54, 1.807) is 27.4 Å². The molecule has 0 bridgehead atoms. The fourth-order valence-electron chi connectivity index (χ4n) is 2.24. The predicted molar refractivity (Wildman–Crippen MR) is 93.1 cm³/mol. The fourth-order valence-corrected chi connectivity index (χ4v) is 2.24. The van der Waals surface area contributed by atoms with Crippen molar-refractivity contribution in [3.05, 3.63) is 47.5 Å². The highest BCUT2D eigenvalue weighted by Crippen LogP contribution is 2.27. The van der Waals surface area contributed by atoms with Crippen LogP contribution in [0.4, 0.5) is 10.5 Å². The lowest BCUT2D eigenvalue weighted by atomic mass is 10.2. The number of rotatable bonds is 6. The number of urea groups is 1. The number of benzene rings is 2. The summed E-state index contributed by atoms with van der Waals surface area (Å²) in [6.07, 6.45) is 0. The second kappa shape index (κ2) is 8.10. The summed E-state index contributed by atoms with van der Waals surface area (Å²) >= 11 is 0. The second-order valence-electron chi connectivity index (χ2n) is 5.20. The van der Waals surface area contributed by atoms with Gasteiger partial charge in [-0.3, -0.25) is 0 Å². The third-order valence-electron chi connectivity index (χ3n) is 3.51. The third-order valence-corrected chi connectivity index (χ3v) is 3.51. The van der Waals surface area contributed by atoms with Crippen LogP contribution in [0, 0.1) is 6.92 Å². The van der Waals surface area contributed by atoms with Gasteiger partial charge in [0, 0.05) is 6.54 Å². The van der Waals surface area contributed by atoms with Gasteiger partial charge in [-0.1, -0.05) is 12.1 Å². The van der Waals surface area contributed by atoms with Crippen molar-refractivity contribution in [2.45, 2.75) is 13.5 Å². The lowest BCUT2D eigenvalue weighted by Gasteiger charge is -2.13. The minimum absolute atomic E-state index is 0.313.